The Bertz CT molecular complexity index is 1300. The molecule has 3 heterocycles. The van der Waals surface area contributed by atoms with Crippen LogP contribution in [-0.4, -0.2) is 57.1 Å². The lowest BCUT2D eigenvalue weighted by molar-refractivity contribution is 0.0746. The Hall–Kier alpha value is -3.39. The molecule has 4 aromatic rings. The van der Waals surface area contributed by atoms with Crippen LogP contribution in [-0.2, 0) is 0 Å². The number of fused-ring (bicyclic) bond motifs is 1. The standard InChI is InChI=1S/C26H30N6OS/c1-18-10-12-20(13-11-18)23(33)30-14-16-31(17-15-30)25-29-32-22(28-26(2,3)4)21(27-24(32)34-25)19-8-6-5-7-9-19/h5-13,28H,14-17H2,1-4H3. The van der Waals surface area contributed by atoms with Crippen LogP contribution >= 0.6 is 11.3 Å². The topological polar surface area (TPSA) is 65.8 Å². The molecule has 1 aliphatic rings. The number of hydrogen-bond acceptors (Lipinski definition) is 6. The number of nitrogens with zero attached hydrogens (tertiary/aromatic N) is 5. The number of imidazole rings is 1. The normalized spacial score (nSPS) is 14.6. The summed E-state index contributed by atoms with van der Waals surface area (Å²) in [4.78, 5) is 22.9. The van der Waals surface area contributed by atoms with Gasteiger partial charge in [0, 0.05) is 42.8 Å². The van der Waals surface area contributed by atoms with Crippen LogP contribution in [0, 0.1) is 6.92 Å². The maximum Gasteiger partial charge on any atom is 0.253 e. The Kier molecular flexibility index (Phi) is 5.77. The molecule has 1 fully saturated rings. The lowest BCUT2D eigenvalue weighted by atomic mass is 10.1. The van der Waals surface area contributed by atoms with Gasteiger partial charge in [-0.1, -0.05) is 59.4 Å². The molecule has 0 bridgehead atoms. The molecule has 0 unspecified atom stereocenters. The van der Waals surface area contributed by atoms with Gasteiger partial charge in [0.05, 0.1) is 0 Å². The molecule has 1 saturated heterocycles. The van der Waals surface area contributed by atoms with Gasteiger partial charge < -0.3 is 15.1 Å². The summed E-state index contributed by atoms with van der Waals surface area (Å²) in [6.07, 6.45) is 0. The summed E-state index contributed by atoms with van der Waals surface area (Å²) in [7, 11) is 0. The minimum atomic E-state index is -0.134. The predicted octanol–water partition coefficient (Wildman–Crippen LogP) is 4.94. The van der Waals surface area contributed by atoms with Crippen molar-refractivity contribution in [2.24, 2.45) is 0 Å². The summed E-state index contributed by atoms with van der Waals surface area (Å²) in [5, 5.41) is 9.47. The van der Waals surface area contributed by atoms with Crippen molar-refractivity contribution in [1.29, 1.82) is 0 Å². The van der Waals surface area contributed by atoms with Crippen LogP contribution in [0.4, 0.5) is 10.9 Å². The first-order valence-electron chi connectivity index (χ1n) is 11.6. The van der Waals surface area contributed by atoms with E-state index in [1.807, 2.05) is 58.8 Å². The van der Waals surface area contributed by atoms with Crippen LogP contribution in [0.2, 0.25) is 0 Å². The van der Waals surface area contributed by atoms with E-state index in [1.54, 1.807) is 11.3 Å². The number of piperazine rings is 1. The van der Waals surface area contributed by atoms with Gasteiger partial charge in [0.2, 0.25) is 10.1 Å². The van der Waals surface area contributed by atoms with E-state index in [0.29, 0.717) is 13.1 Å². The lowest BCUT2D eigenvalue weighted by Crippen LogP contribution is -2.48. The molecule has 1 aliphatic heterocycles. The fraction of sp³-hybridized carbons (Fsp3) is 0.346. The zero-order valence-electron chi connectivity index (χ0n) is 20.1. The number of rotatable bonds is 4. The number of carbonyl (C=O) groups excluding carboxylic acids is 1. The number of aryl methyl sites for hydroxylation is 1. The number of amides is 1. The Balaban J connectivity index is 1.37. The molecule has 7 nitrogen and oxygen atoms in total. The smallest absolute Gasteiger partial charge is 0.253 e. The number of benzene rings is 2. The maximum atomic E-state index is 12.9. The number of carbonyl (C=O) groups is 1. The highest BCUT2D eigenvalue weighted by Crippen LogP contribution is 2.35. The fourth-order valence-corrected chi connectivity index (χ4v) is 5.06. The van der Waals surface area contributed by atoms with Gasteiger partial charge in [-0.2, -0.15) is 4.52 Å². The van der Waals surface area contributed by atoms with Gasteiger partial charge in [0.1, 0.15) is 5.69 Å². The quantitative estimate of drug-likeness (QED) is 0.454. The molecule has 1 amide bonds. The first kappa shape index (κ1) is 22.4. The third-order valence-corrected chi connectivity index (χ3v) is 6.84. The zero-order valence-corrected chi connectivity index (χ0v) is 20.9. The first-order chi connectivity index (χ1) is 16.3. The van der Waals surface area contributed by atoms with Crippen LogP contribution in [0.15, 0.2) is 54.6 Å². The van der Waals surface area contributed by atoms with Crippen LogP contribution in [0.5, 0.6) is 0 Å². The van der Waals surface area contributed by atoms with Crippen LogP contribution in [0.1, 0.15) is 36.7 Å². The summed E-state index contributed by atoms with van der Waals surface area (Å²) < 4.78 is 1.93. The molecule has 34 heavy (non-hydrogen) atoms. The number of nitrogens with one attached hydrogen (secondary N) is 1. The lowest BCUT2D eigenvalue weighted by Gasteiger charge is -2.34. The second-order valence-corrected chi connectivity index (χ2v) is 10.7. The van der Waals surface area contributed by atoms with Crippen molar-refractivity contribution in [3.63, 3.8) is 0 Å². The Morgan fingerprint density at radius 3 is 2.29 bits per heavy atom. The first-order valence-corrected chi connectivity index (χ1v) is 12.4. The highest BCUT2D eigenvalue weighted by atomic mass is 32.1. The molecule has 0 aliphatic carbocycles. The Labute approximate surface area is 204 Å². The van der Waals surface area contributed by atoms with Crippen molar-refractivity contribution < 1.29 is 4.79 Å². The van der Waals surface area contributed by atoms with E-state index >= 15 is 0 Å². The van der Waals surface area contributed by atoms with Crippen LogP contribution in [0.3, 0.4) is 0 Å². The summed E-state index contributed by atoms with van der Waals surface area (Å²) >= 11 is 1.59. The molecule has 1 N–H and O–H groups in total. The van der Waals surface area contributed by atoms with E-state index in [4.69, 9.17) is 10.1 Å². The van der Waals surface area contributed by atoms with Crippen LogP contribution in [0.25, 0.3) is 16.2 Å². The Morgan fingerprint density at radius 2 is 1.65 bits per heavy atom. The van der Waals surface area contributed by atoms with Crippen molar-refractivity contribution in [3.05, 3.63) is 65.7 Å². The fourth-order valence-electron chi connectivity index (χ4n) is 4.11. The number of anilines is 2. The summed E-state index contributed by atoms with van der Waals surface area (Å²) in [5.74, 6) is 1.00. The van der Waals surface area contributed by atoms with Crippen molar-refractivity contribution in [2.75, 3.05) is 36.4 Å². The second kappa shape index (κ2) is 8.76. The monoisotopic (exact) mass is 474 g/mol. The molecule has 176 valence electrons. The molecule has 8 heteroatoms. The zero-order chi connectivity index (χ0) is 23.9. The van der Waals surface area contributed by atoms with Gasteiger partial charge in [0.25, 0.3) is 5.91 Å². The maximum absolute atomic E-state index is 12.9. The minimum Gasteiger partial charge on any atom is -0.364 e. The van der Waals surface area contributed by atoms with E-state index in [1.165, 1.54) is 0 Å². The molecule has 0 radical (unpaired) electrons. The minimum absolute atomic E-state index is 0.0951. The molecule has 5 rings (SSSR count). The molecule has 2 aromatic heterocycles. The molecule has 2 aromatic carbocycles. The average Bonchev–Trinajstić information content (AvgIpc) is 3.38. The third-order valence-electron chi connectivity index (χ3n) is 5.87. The van der Waals surface area contributed by atoms with E-state index in [2.05, 4.69) is 43.1 Å². The van der Waals surface area contributed by atoms with Crippen LogP contribution < -0.4 is 10.2 Å². The highest BCUT2D eigenvalue weighted by molar-refractivity contribution is 7.20. The van der Waals surface area contributed by atoms with E-state index in [9.17, 15) is 4.79 Å². The summed E-state index contributed by atoms with van der Waals surface area (Å²) in [5.41, 5.74) is 3.75. The molecule has 0 saturated carbocycles. The molecular weight excluding hydrogens is 444 g/mol. The second-order valence-electron chi connectivity index (χ2n) is 9.77. The average molecular weight is 475 g/mol. The van der Waals surface area contributed by atoms with Gasteiger partial charge in [-0.05, 0) is 39.8 Å². The highest BCUT2D eigenvalue weighted by Gasteiger charge is 2.27. The van der Waals surface area contributed by atoms with Crippen molar-refractivity contribution in [3.8, 4) is 11.3 Å². The summed E-state index contributed by atoms with van der Waals surface area (Å²) in [6, 6.07) is 18.0. The van der Waals surface area contributed by atoms with Crippen molar-refractivity contribution >= 4 is 33.2 Å². The van der Waals surface area contributed by atoms with Gasteiger partial charge in [-0.3, -0.25) is 4.79 Å². The van der Waals surface area contributed by atoms with Crippen molar-refractivity contribution in [2.45, 2.75) is 33.2 Å². The number of hydrogen-bond donors (Lipinski definition) is 1. The van der Waals surface area contributed by atoms with Gasteiger partial charge in [0.15, 0.2) is 5.82 Å². The van der Waals surface area contributed by atoms with E-state index in [-0.39, 0.29) is 11.4 Å². The van der Waals surface area contributed by atoms with Crippen molar-refractivity contribution in [1.82, 2.24) is 19.5 Å². The Morgan fingerprint density at radius 1 is 0.971 bits per heavy atom. The van der Waals surface area contributed by atoms with Gasteiger partial charge in [-0.25, -0.2) is 4.98 Å². The third kappa shape index (κ3) is 4.50. The SMILES string of the molecule is Cc1ccc(C(=O)N2CCN(c3nn4c(NC(C)(C)C)c(-c5ccccc5)nc4s3)CC2)cc1. The molecule has 0 atom stereocenters. The van der Waals surface area contributed by atoms with E-state index < -0.39 is 0 Å². The van der Waals surface area contributed by atoms with E-state index in [0.717, 1.165) is 51.4 Å². The summed E-state index contributed by atoms with van der Waals surface area (Å²) in [6.45, 7) is 11.3. The molecular formula is C26H30N6OS. The van der Waals surface area contributed by atoms with Gasteiger partial charge in [-0.15, -0.1) is 5.10 Å². The molecule has 0 spiro atoms. The predicted molar refractivity (Wildman–Crippen MR) is 139 cm³/mol. The largest absolute Gasteiger partial charge is 0.364 e. The number of aromatic nitrogens is 3. The van der Waals surface area contributed by atoms with Gasteiger partial charge >= 0.3 is 0 Å².